The van der Waals surface area contributed by atoms with Crippen LogP contribution in [0.1, 0.15) is 31.9 Å². The molecule has 2 aliphatic rings. The van der Waals surface area contributed by atoms with Gasteiger partial charge in [0.15, 0.2) is 0 Å². The molecule has 1 aliphatic carbocycles. The minimum Gasteiger partial charge on any atom is -0.496 e. The fourth-order valence-corrected chi connectivity index (χ4v) is 4.51. The lowest BCUT2D eigenvalue weighted by Gasteiger charge is -2.37. The Balaban J connectivity index is 1.73. The number of halogens is 1. The van der Waals surface area contributed by atoms with Crippen LogP contribution in [0.3, 0.4) is 0 Å². The number of hydrogen-bond donors (Lipinski definition) is 0. The Morgan fingerprint density at radius 3 is 2.79 bits per heavy atom. The van der Waals surface area contributed by atoms with E-state index in [1.807, 2.05) is 18.2 Å². The van der Waals surface area contributed by atoms with Crippen molar-refractivity contribution in [3.8, 4) is 17.0 Å². The molecule has 0 amide bonds. The van der Waals surface area contributed by atoms with Crippen LogP contribution in [0.25, 0.3) is 22.3 Å². The second kappa shape index (κ2) is 6.66. The monoisotopic (exact) mass is 396 g/mol. The first-order valence-corrected chi connectivity index (χ1v) is 10.5. The number of ether oxygens (including phenoxy) is 1. The Morgan fingerprint density at radius 1 is 1.25 bits per heavy atom. The van der Waals surface area contributed by atoms with Gasteiger partial charge in [0.05, 0.1) is 19.3 Å². The molecular weight excluding hydrogens is 372 g/mol. The predicted octanol–water partition coefficient (Wildman–Crippen LogP) is 5.08. The van der Waals surface area contributed by atoms with E-state index in [-0.39, 0.29) is 0 Å². The first kappa shape index (κ1) is 17.8. The normalized spacial score (nSPS) is 18.7. The highest BCUT2D eigenvalue weighted by Gasteiger charge is 2.34. The molecule has 0 N–H and O–H groups in total. The van der Waals surface area contributed by atoms with Crippen molar-refractivity contribution in [2.45, 2.75) is 45.7 Å². The molecular formula is C22H25ClN4O. The minimum atomic E-state index is 0.470. The van der Waals surface area contributed by atoms with E-state index in [0.29, 0.717) is 11.1 Å². The van der Waals surface area contributed by atoms with Crippen LogP contribution in [0.4, 0.5) is 5.69 Å². The third-order valence-corrected chi connectivity index (χ3v) is 6.21. The number of anilines is 1. The van der Waals surface area contributed by atoms with Gasteiger partial charge in [0.2, 0.25) is 0 Å². The van der Waals surface area contributed by atoms with Gasteiger partial charge in [-0.1, -0.05) is 18.5 Å². The molecule has 5 nitrogen and oxygen atoms in total. The van der Waals surface area contributed by atoms with Crippen molar-refractivity contribution in [3.63, 3.8) is 0 Å². The lowest BCUT2D eigenvalue weighted by molar-refractivity contribution is 0.416. The van der Waals surface area contributed by atoms with E-state index in [1.165, 1.54) is 18.5 Å². The molecule has 0 saturated heterocycles. The summed E-state index contributed by atoms with van der Waals surface area (Å²) >= 11 is 6.18. The molecule has 0 radical (unpaired) electrons. The topological polar surface area (TPSA) is 43.2 Å². The fourth-order valence-electron chi connectivity index (χ4n) is 4.35. The summed E-state index contributed by atoms with van der Waals surface area (Å²) in [5.41, 5.74) is 6.20. The number of aryl methyl sites for hydroxylation is 1. The van der Waals surface area contributed by atoms with E-state index in [0.717, 1.165) is 59.2 Å². The van der Waals surface area contributed by atoms with Crippen molar-refractivity contribution < 1.29 is 4.74 Å². The number of hydrogen-bond acceptors (Lipinski definition) is 4. The number of aromatic nitrogens is 3. The van der Waals surface area contributed by atoms with Gasteiger partial charge in [-0.05, 0) is 56.4 Å². The van der Waals surface area contributed by atoms with Crippen LogP contribution in [0.5, 0.6) is 5.75 Å². The van der Waals surface area contributed by atoms with Gasteiger partial charge in [-0.2, -0.15) is 5.10 Å². The minimum absolute atomic E-state index is 0.470. The van der Waals surface area contributed by atoms with Crippen LogP contribution in [-0.4, -0.2) is 34.5 Å². The lowest BCUT2D eigenvalue weighted by Crippen LogP contribution is -2.42. The summed E-state index contributed by atoms with van der Waals surface area (Å²) in [6, 6.07) is 8.40. The molecule has 1 saturated carbocycles. The van der Waals surface area contributed by atoms with Crippen LogP contribution in [0, 0.1) is 12.8 Å². The molecule has 1 aromatic carbocycles. The van der Waals surface area contributed by atoms with E-state index >= 15 is 0 Å². The standard InChI is InChI=1S/C22H25ClN4O/c1-4-16-12-27-22-18(26(16)11-14-5-6-14)9-13(2)24-21(22)20(25-27)17-8-7-15(23)10-19(17)28-3/h7-10,14,16H,4-6,11-12H2,1-3H3/t16-/m0/s1. The molecule has 28 heavy (non-hydrogen) atoms. The Hall–Kier alpha value is -2.27. The van der Waals surface area contributed by atoms with Crippen molar-refractivity contribution in [2.24, 2.45) is 5.92 Å². The number of benzene rings is 1. The van der Waals surface area contributed by atoms with Crippen molar-refractivity contribution in [2.75, 3.05) is 18.6 Å². The molecule has 6 heteroatoms. The zero-order valence-electron chi connectivity index (χ0n) is 16.6. The van der Waals surface area contributed by atoms with Gasteiger partial charge in [0.25, 0.3) is 0 Å². The quantitative estimate of drug-likeness (QED) is 0.603. The summed E-state index contributed by atoms with van der Waals surface area (Å²) in [6.07, 6.45) is 3.81. The fraction of sp³-hybridized carbons (Fsp3) is 0.455. The van der Waals surface area contributed by atoms with Crippen molar-refractivity contribution in [1.29, 1.82) is 0 Å². The van der Waals surface area contributed by atoms with E-state index in [4.69, 9.17) is 26.4 Å². The van der Waals surface area contributed by atoms with E-state index < -0.39 is 0 Å². The maximum Gasteiger partial charge on any atom is 0.129 e. The first-order valence-electron chi connectivity index (χ1n) is 10.1. The second-order valence-corrected chi connectivity index (χ2v) is 8.45. The zero-order valence-corrected chi connectivity index (χ0v) is 17.3. The van der Waals surface area contributed by atoms with Gasteiger partial charge < -0.3 is 9.64 Å². The van der Waals surface area contributed by atoms with Crippen LogP contribution < -0.4 is 9.64 Å². The molecule has 2 aromatic heterocycles. The number of methoxy groups -OCH3 is 1. The summed E-state index contributed by atoms with van der Waals surface area (Å²) in [5, 5.41) is 5.65. The highest BCUT2D eigenvalue weighted by atomic mass is 35.5. The average Bonchev–Trinajstić information content (AvgIpc) is 3.44. The van der Waals surface area contributed by atoms with Crippen molar-refractivity contribution >= 4 is 28.3 Å². The summed E-state index contributed by atoms with van der Waals surface area (Å²) in [4.78, 5) is 7.51. The Labute approximate surface area is 170 Å². The highest BCUT2D eigenvalue weighted by Crippen LogP contribution is 2.42. The summed E-state index contributed by atoms with van der Waals surface area (Å²) in [6.45, 7) is 6.38. The molecule has 1 fully saturated rings. The van der Waals surface area contributed by atoms with Crippen LogP contribution >= 0.6 is 11.6 Å². The number of rotatable bonds is 5. The molecule has 1 atom stereocenters. The molecule has 5 rings (SSSR count). The van der Waals surface area contributed by atoms with Gasteiger partial charge in [-0.25, -0.2) is 4.98 Å². The zero-order chi connectivity index (χ0) is 19.4. The van der Waals surface area contributed by atoms with Crippen molar-refractivity contribution in [1.82, 2.24) is 14.8 Å². The van der Waals surface area contributed by atoms with Crippen molar-refractivity contribution in [3.05, 3.63) is 35.0 Å². The molecule has 0 unspecified atom stereocenters. The average molecular weight is 397 g/mol. The van der Waals surface area contributed by atoms with Gasteiger partial charge in [-0.3, -0.25) is 4.68 Å². The molecule has 3 heterocycles. The third kappa shape index (κ3) is 2.84. The Bertz CT molecular complexity index is 1060. The first-order chi connectivity index (χ1) is 13.6. The maximum atomic E-state index is 6.18. The van der Waals surface area contributed by atoms with Crippen LogP contribution in [0.2, 0.25) is 5.02 Å². The summed E-state index contributed by atoms with van der Waals surface area (Å²) < 4.78 is 7.75. The molecule has 0 bridgehead atoms. The van der Waals surface area contributed by atoms with Gasteiger partial charge in [0, 0.05) is 28.9 Å². The Morgan fingerprint density at radius 2 is 2.07 bits per heavy atom. The predicted molar refractivity (Wildman–Crippen MR) is 113 cm³/mol. The second-order valence-electron chi connectivity index (χ2n) is 8.01. The third-order valence-electron chi connectivity index (χ3n) is 5.98. The highest BCUT2D eigenvalue weighted by molar-refractivity contribution is 6.30. The smallest absolute Gasteiger partial charge is 0.129 e. The van der Waals surface area contributed by atoms with Gasteiger partial charge in [-0.15, -0.1) is 0 Å². The van der Waals surface area contributed by atoms with Gasteiger partial charge >= 0.3 is 0 Å². The van der Waals surface area contributed by atoms with E-state index in [2.05, 4.69) is 29.5 Å². The van der Waals surface area contributed by atoms with E-state index in [1.54, 1.807) is 7.11 Å². The van der Waals surface area contributed by atoms with Crippen LogP contribution in [-0.2, 0) is 6.54 Å². The molecule has 1 aliphatic heterocycles. The van der Waals surface area contributed by atoms with Gasteiger partial charge in [0.1, 0.15) is 22.5 Å². The van der Waals surface area contributed by atoms with E-state index in [9.17, 15) is 0 Å². The number of nitrogens with zero attached hydrogens (tertiary/aromatic N) is 4. The maximum absolute atomic E-state index is 6.18. The molecule has 0 spiro atoms. The lowest BCUT2D eigenvalue weighted by atomic mass is 10.1. The molecule has 146 valence electrons. The number of pyridine rings is 1. The van der Waals surface area contributed by atoms with Crippen LogP contribution in [0.15, 0.2) is 24.3 Å². The SMILES string of the molecule is CC[C@H]1Cn2nc(-c3ccc(Cl)cc3OC)c3nc(C)cc(c32)N1CC1CC1. The Kier molecular flexibility index (Phi) is 4.23. The largest absolute Gasteiger partial charge is 0.496 e. The summed E-state index contributed by atoms with van der Waals surface area (Å²) in [5.74, 6) is 1.56. The summed E-state index contributed by atoms with van der Waals surface area (Å²) in [7, 11) is 1.67. The molecule has 3 aromatic rings.